The lowest BCUT2D eigenvalue weighted by molar-refractivity contribution is 0.102. The van der Waals surface area contributed by atoms with Crippen LogP contribution >= 0.6 is 0 Å². The molecule has 0 spiro atoms. The third kappa shape index (κ3) is 2.12. The van der Waals surface area contributed by atoms with Crippen LogP contribution in [0.2, 0.25) is 0 Å². The molecule has 0 aliphatic carbocycles. The van der Waals surface area contributed by atoms with E-state index in [-0.39, 0.29) is 5.78 Å². The van der Waals surface area contributed by atoms with Crippen molar-refractivity contribution in [3.8, 4) is 0 Å². The molecule has 0 aliphatic rings. The summed E-state index contributed by atoms with van der Waals surface area (Å²) < 4.78 is 5.27. The second-order valence-electron chi connectivity index (χ2n) is 4.41. The number of fused-ring (bicyclic) bond motifs is 1. The lowest BCUT2D eigenvalue weighted by atomic mass is 10.1. The number of benzene rings is 1. The average molecular weight is 254 g/mol. The standard InChI is InChI=1S/C15H14N2O2/c1-10(18)14-12-6-2-3-7-13(12)17-15(14)16-9-11-5-4-8-19-11/h2-8,16-17H,9H2,1H3. The lowest BCUT2D eigenvalue weighted by Crippen LogP contribution is -2.03. The highest BCUT2D eigenvalue weighted by molar-refractivity contribution is 6.11. The highest BCUT2D eigenvalue weighted by Crippen LogP contribution is 2.26. The molecular formula is C15H14N2O2. The molecule has 0 bridgehead atoms. The van der Waals surface area contributed by atoms with Gasteiger partial charge in [0.25, 0.3) is 0 Å². The summed E-state index contributed by atoms with van der Waals surface area (Å²) in [7, 11) is 0. The predicted molar refractivity (Wildman–Crippen MR) is 74.3 cm³/mol. The minimum atomic E-state index is 0.0411. The number of aromatic nitrogens is 1. The van der Waals surface area contributed by atoms with Crippen molar-refractivity contribution in [1.82, 2.24) is 4.98 Å². The van der Waals surface area contributed by atoms with Crippen molar-refractivity contribution in [2.45, 2.75) is 13.5 Å². The molecule has 4 heteroatoms. The van der Waals surface area contributed by atoms with Crippen LogP contribution in [0, 0.1) is 0 Å². The van der Waals surface area contributed by atoms with Crippen molar-refractivity contribution in [3.63, 3.8) is 0 Å². The molecule has 3 aromatic rings. The highest BCUT2D eigenvalue weighted by Gasteiger charge is 2.14. The second kappa shape index (κ2) is 4.65. The van der Waals surface area contributed by atoms with E-state index in [0.717, 1.165) is 22.5 Å². The van der Waals surface area contributed by atoms with E-state index >= 15 is 0 Å². The number of rotatable bonds is 4. The molecule has 0 unspecified atom stereocenters. The number of aromatic amines is 1. The molecule has 19 heavy (non-hydrogen) atoms. The zero-order valence-corrected chi connectivity index (χ0v) is 10.6. The summed E-state index contributed by atoms with van der Waals surface area (Å²) in [5, 5.41) is 4.16. The normalized spacial score (nSPS) is 10.8. The fourth-order valence-electron chi connectivity index (χ4n) is 2.23. The highest BCUT2D eigenvalue weighted by atomic mass is 16.3. The van der Waals surface area contributed by atoms with E-state index < -0.39 is 0 Å². The molecule has 4 nitrogen and oxygen atoms in total. The fourth-order valence-corrected chi connectivity index (χ4v) is 2.23. The summed E-state index contributed by atoms with van der Waals surface area (Å²) >= 11 is 0. The van der Waals surface area contributed by atoms with Crippen LogP contribution < -0.4 is 5.32 Å². The van der Waals surface area contributed by atoms with Crippen LogP contribution in [0.15, 0.2) is 47.1 Å². The van der Waals surface area contributed by atoms with Crippen molar-refractivity contribution in [1.29, 1.82) is 0 Å². The van der Waals surface area contributed by atoms with Crippen molar-refractivity contribution >= 4 is 22.5 Å². The summed E-state index contributed by atoms with van der Waals surface area (Å²) in [6, 6.07) is 11.5. The molecule has 2 aromatic heterocycles. The Balaban J connectivity index is 1.98. The van der Waals surface area contributed by atoms with Gasteiger partial charge in [-0.05, 0) is 25.1 Å². The molecule has 96 valence electrons. The van der Waals surface area contributed by atoms with Crippen molar-refractivity contribution in [2.24, 2.45) is 0 Å². The van der Waals surface area contributed by atoms with Crippen molar-refractivity contribution in [2.75, 3.05) is 5.32 Å². The van der Waals surface area contributed by atoms with Gasteiger partial charge in [-0.15, -0.1) is 0 Å². The smallest absolute Gasteiger partial charge is 0.164 e. The second-order valence-corrected chi connectivity index (χ2v) is 4.41. The van der Waals surface area contributed by atoms with E-state index in [9.17, 15) is 4.79 Å². The summed E-state index contributed by atoms with van der Waals surface area (Å²) in [6.07, 6.45) is 1.63. The van der Waals surface area contributed by atoms with Crippen LogP contribution in [0.4, 0.5) is 5.82 Å². The number of carbonyl (C=O) groups excluding carboxylic acids is 1. The van der Waals surface area contributed by atoms with Crippen LogP contribution in [0.25, 0.3) is 10.9 Å². The molecule has 0 saturated carbocycles. The zero-order chi connectivity index (χ0) is 13.2. The predicted octanol–water partition coefficient (Wildman–Crippen LogP) is 3.58. The maximum atomic E-state index is 11.8. The van der Waals surface area contributed by atoms with Crippen molar-refractivity contribution < 1.29 is 9.21 Å². The monoisotopic (exact) mass is 254 g/mol. The number of Topliss-reactive ketones (excluding diaryl/α,β-unsaturated/α-hetero) is 1. The third-order valence-corrected chi connectivity index (χ3v) is 3.08. The van der Waals surface area contributed by atoms with Crippen LogP contribution in [-0.2, 0) is 6.54 Å². The molecule has 3 rings (SSSR count). The van der Waals surface area contributed by atoms with Crippen LogP contribution in [0.5, 0.6) is 0 Å². The first kappa shape index (κ1) is 11.6. The Morgan fingerprint density at radius 2 is 2.11 bits per heavy atom. The van der Waals surface area contributed by atoms with Gasteiger partial charge in [-0.1, -0.05) is 18.2 Å². The Labute approximate surface area is 110 Å². The number of carbonyl (C=O) groups is 1. The van der Waals surface area contributed by atoms with Gasteiger partial charge in [-0.3, -0.25) is 4.79 Å². The molecular weight excluding hydrogens is 240 g/mol. The molecule has 1 aromatic carbocycles. The summed E-state index contributed by atoms with van der Waals surface area (Å²) in [5.74, 6) is 1.61. The van der Waals surface area contributed by atoms with Crippen LogP contribution in [0.1, 0.15) is 23.0 Å². The molecule has 2 heterocycles. The molecule has 0 saturated heterocycles. The molecule has 0 radical (unpaired) electrons. The van der Waals surface area contributed by atoms with E-state index in [4.69, 9.17) is 4.42 Å². The minimum absolute atomic E-state index is 0.0411. The molecule has 0 atom stereocenters. The first-order valence-electron chi connectivity index (χ1n) is 6.13. The van der Waals surface area contributed by atoms with Gasteiger partial charge in [0.05, 0.1) is 18.4 Å². The Bertz CT molecular complexity index is 711. The van der Waals surface area contributed by atoms with Gasteiger partial charge < -0.3 is 14.7 Å². The molecule has 0 fully saturated rings. The minimum Gasteiger partial charge on any atom is -0.467 e. The number of hydrogen-bond acceptors (Lipinski definition) is 3. The SMILES string of the molecule is CC(=O)c1c(NCc2ccco2)[nH]c2ccccc12. The number of H-pyrrole nitrogens is 1. The first-order chi connectivity index (χ1) is 9.25. The molecule has 0 aliphatic heterocycles. The van der Waals surface area contributed by atoms with Gasteiger partial charge in [0.2, 0.25) is 0 Å². The van der Waals surface area contributed by atoms with Crippen LogP contribution in [-0.4, -0.2) is 10.8 Å². The maximum absolute atomic E-state index is 11.8. The topological polar surface area (TPSA) is 58.0 Å². The molecule has 0 amide bonds. The van der Waals surface area contributed by atoms with E-state index in [0.29, 0.717) is 12.1 Å². The number of nitrogens with one attached hydrogen (secondary N) is 2. The number of ketones is 1. The number of para-hydroxylation sites is 1. The van der Waals surface area contributed by atoms with Gasteiger partial charge in [-0.2, -0.15) is 0 Å². The Hall–Kier alpha value is -2.49. The fraction of sp³-hybridized carbons (Fsp3) is 0.133. The summed E-state index contributed by atoms with van der Waals surface area (Å²) in [4.78, 5) is 15.1. The Kier molecular flexibility index (Phi) is 2.83. The third-order valence-electron chi connectivity index (χ3n) is 3.08. The van der Waals surface area contributed by atoms with E-state index in [1.807, 2.05) is 36.4 Å². The quantitative estimate of drug-likeness (QED) is 0.700. The van der Waals surface area contributed by atoms with Gasteiger partial charge in [0.15, 0.2) is 5.78 Å². The van der Waals surface area contributed by atoms with E-state index in [1.165, 1.54) is 0 Å². The largest absolute Gasteiger partial charge is 0.467 e. The Morgan fingerprint density at radius 3 is 2.84 bits per heavy atom. The first-order valence-corrected chi connectivity index (χ1v) is 6.13. The van der Waals surface area contributed by atoms with Gasteiger partial charge in [0.1, 0.15) is 11.6 Å². The zero-order valence-electron chi connectivity index (χ0n) is 10.6. The van der Waals surface area contributed by atoms with Gasteiger partial charge in [-0.25, -0.2) is 0 Å². The van der Waals surface area contributed by atoms with Crippen LogP contribution in [0.3, 0.4) is 0 Å². The van der Waals surface area contributed by atoms with E-state index in [1.54, 1.807) is 13.2 Å². The number of anilines is 1. The lowest BCUT2D eigenvalue weighted by Gasteiger charge is -2.04. The average Bonchev–Trinajstić information content (AvgIpc) is 3.03. The number of furan rings is 1. The number of hydrogen-bond donors (Lipinski definition) is 2. The summed E-state index contributed by atoms with van der Waals surface area (Å²) in [6.45, 7) is 2.12. The Morgan fingerprint density at radius 1 is 1.26 bits per heavy atom. The summed E-state index contributed by atoms with van der Waals surface area (Å²) in [5.41, 5.74) is 1.65. The van der Waals surface area contributed by atoms with Gasteiger partial charge >= 0.3 is 0 Å². The maximum Gasteiger partial charge on any atom is 0.164 e. The molecule has 2 N–H and O–H groups in total. The van der Waals surface area contributed by atoms with E-state index in [2.05, 4.69) is 10.3 Å². The van der Waals surface area contributed by atoms with Crippen molar-refractivity contribution in [3.05, 3.63) is 54.0 Å². The van der Waals surface area contributed by atoms with Gasteiger partial charge in [0, 0.05) is 10.9 Å².